The van der Waals surface area contributed by atoms with Crippen LogP contribution in [-0.2, 0) is 6.42 Å². The van der Waals surface area contributed by atoms with Crippen LogP contribution >= 0.6 is 12.4 Å². The van der Waals surface area contributed by atoms with Crippen molar-refractivity contribution in [1.29, 1.82) is 5.26 Å². The summed E-state index contributed by atoms with van der Waals surface area (Å²) < 4.78 is 0. The van der Waals surface area contributed by atoms with Crippen molar-refractivity contribution >= 4 is 12.4 Å². The number of nitrogens with zero attached hydrogens (tertiary/aromatic N) is 1. The number of nitriles is 1. The monoisotopic (exact) mass is 238 g/mol. The fourth-order valence-electron chi connectivity index (χ4n) is 1.63. The van der Waals surface area contributed by atoms with Gasteiger partial charge in [-0.2, -0.15) is 5.26 Å². The molecule has 0 saturated carbocycles. The van der Waals surface area contributed by atoms with Gasteiger partial charge >= 0.3 is 0 Å². The maximum Gasteiger partial charge on any atom is 0.0635 e. The van der Waals surface area contributed by atoms with Gasteiger partial charge in [-0.15, -0.1) is 12.4 Å². The topological polar surface area (TPSA) is 35.8 Å². The number of halogens is 1. The fraction of sp³-hybridized carbons (Fsp3) is 0.462. The average molecular weight is 239 g/mol. The SMILES string of the molecule is CC(C)(Cc1ccccc1)NCCC#N.Cl. The number of hydrogen-bond donors (Lipinski definition) is 1. The van der Waals surface area contributed by atoms with Crippen molar-refractivity contribution in [2.45, 2.75) is 32.2 Å². The minimum atomic E-state index is 0. The number of hydrogen-bond acceptors (Lipinski definition) is 2. The molecule has 0 heterocycles. The second kappa shape index (κ2) is 7.27. The minimum absolute atomic E-state index is 0. The molecule has 0 amide bonds. The molecule has 0 aliphatic carbocycles. The van der Waals surface area contributed by atoms with Crippen molar-refractivity contribution in [3.63, 3.8) is 0 Å². The molecule has 1 rings (SSSR count). The van der Waals surface area contributed by atoms with Gasteiger partial charge in [0, 0.05) is 18.5 Å². The Kier molecular flexibility index (Phi) is 6.80. The quantitative estimate of drug-likeness (QED) is 0.801. The van der Waals surface area contributed by atoms with Crippen LogP contribution in [0.3, 0.4) is 0 Å². The molecule has 88 valence electrons. The minimum Gasteiger partial charge on any atom is -0.310 e. The van der Waals surface area contributed by atoms with Crippen molar-refractivity contribution in [3.05, 3.63) is 35.9 Å². The number of nitrogens with one attached hydrogen (secondary N) is 1. The fourth-order valence-corrected chi connectivity index (χ4v) is 1.63. The lowest BCUT2D eigenvalue weighted by atomic mass is 9.95. The standard InChI is InChI=1S/C13H18N2.ClH/c1-13(2,15-10-6-9-14)11-12-7-4-3-5-8-12;/h3-5,7-8,15H,6,10-11H2,1-2H3;1H. The van der Waals surface area contributed by atoms with Gasteiger partial charge in [-0.05, 0) is 25.8 Å². The van der Waals surface area contributed by atoms with E-state index < -0.39 is 0 Å². The Balaban J connectivity index is 0.00000225. The normalized spacial score (nSPS) is 10.3. The van der Waals surface area contributed by atoms with Gasteiger partial charge in [0.1, 0.15) is 0 Å². The van der Waals surface area contributed by atoms with Crippen molar-refractivity contribution in [2.75, 3.05) is 6.54 Å². The van der Waals surface area contributed by atoms with E-state index in [1.165, 1.54) is 5.56 Å². The molecule has 2 nitrogen and oxygen atoms in total. The Morgan fingerprint density at radius 2 is 1.88 bits per heavy atom. The highest BCUT2D eigenvalue weighted by atomic mass is 35.5. The smallest absolute Gasteiger partial charge is 0.0635 e. The highest BCUT2D eigenvalue weighted by Gasteiger charge is 2.16. The van der Waals surface area contributed by atoms with Gasteiger partial charge in [0.05, 0.1) is 6.07 Å². The molecule has 0 bridgehead atoms. The highest BCUT2D eigenvalue weighted by Crippen LogP contribution is 2.12. The number of benzene rings is 1. The second-order valence-electron chi connectivity index (χ2n) is 4.38. The molecule has 1 N–H and O–H groups in total. The summed E-state index contributed by atoms with van der Waals surface area (Å²) in [4.78, 5) is 0. The molecule has 3 heteroatoms. The largest absolute Gasteiger partial charge is 0.310 e. The van der Waals surface area contributed by atoms with E-state index in [-0.39, 0.29) is 17.9 Å². The molecular formula is C13H19ClN2. The lowest BCUT2D eigenvalue weighted by Crippen LogP contribution is -2.41. The van der Waals surface area contributed by atoms with Crippen LogP contribution < -0.4 is 5.32 Å². The lowest BCUT2D eigenvalue weighted by molar-refractivity contribution is 0.391. The van der Waals surface area contributed by atoms with Crippen molar-refractivity contribution < 1.29 is 0 Å². The summed E-state index contributed by atoms with van der Waals surface area (Å²) in [6.45, 7) is 5.09. The summed E-state index contributed by atoms with van der Waals surface area (Å²) in [7, 11) is 0. The van der Waals surface area contributed by atoms with Gasteiger partial charge in [-0.25, -0.2) is 0 Å². The van der Waals surface area contributed by atoms with E-state index in [0.717, 1.165) is 13.0 Å². The Morgan fingerprint density at radius 3 is 2.44 bits per heavy atom. The molecule has 0 aliphatic rings. The van der Waals surface area contributed by atoms with Gasteiger partial charge in [-0.1, -0.05) is 30.3 Å². The molecule has 0 saturated heterocycles. The summed E-state index contributed by atoms with van der Waals surface area (Å²) in [5.41, 5.74) is 1.38. The Labute approximate surface area is 104 Å². The van der Waals surface area contributed by atoms with Crippen LogP contribution in [0, 0.1) is 11.3 Å². The first-order valence-corrected chi connectivity index (χ1v) is 5.30. The maximum atomic E-state index is 8.46. The molecule has 1 aromatic carbocycles. The van der Waals surface area contributed by atoms with Gasteiger partial charge in [0.25, 0.3) is 0 Å². The summed E-state index contributed by atoms with van der Waals surface area (Å²) in [6.07, 6.45) is 1.55. The summed E-state index contributed by atoms with van der Waals surface area (Å²) >= 11 is 0. The maximum absolute atomic E-state index is 8.46. The predicted molar refractivity (Wildman–Crippen MR) is 69.7 cm³/mol. The molecule has 0 spiro atoms. The van der Waals surface area contributed by atoms with Crippen LogP contribution in [0.15, 0.2) is 30.3 Å². The average Bonchev–Trinajstić information content (AvgIpc) is 2.18. The first-order valence-electron chi connectivity index (χ1n) is 5.30. The van der Waals surface area contributed by atoms with E-state index >= 15 is 0 Å². The van der Waals surface area contributed by atoms with Crippen LogP contribution in [0.2, 0.25) is 0 Å². The van der Waals surface area contributed by atoms with Crippen LogP contribution in [0.5, 0.6) is 0 Å². The van der Waals surface area contributed by atoms with E-state index in [1.54, 1.807) is 0 Å². The van der Waals surface area contributed by atoms with E-state index in [4.69, 9.17) is 5.26 Å². The molecule has 0 aromatic heterocycles. The van der Waals surface area contributed by atoms with E-state index in [2.05, 4.69) is 49.5 Å². The highest BCUT2D eigenvalue weighted by molar-refractivity contribution is 5.85. The Hall–Kier alpha value is -1.04. The van der Waals surface area contributed by atoms with Gasteiger partial charge in [-0.3, -0.25) is 0 Å². The molecule has 16 heavy (non-hydrogen) atoms. The zero-order valence-corrected chi connectivity index (χ0v) is 10.7. The molecule has 0 radical (unpaired) electrons. The predicted octanol–water partition coefficient (Wildman–Crippen LogP) is 2.93. The molecular weight excluding hydrogens is 220 g/mol. The van der Waals surface area contributed by atoms with Crippen LogP contribution in [0.1, 0.15) is 25.8 Å². The lowest BCUT2D eigenvalue weighted by Gasteiger charge is -2.26. The van der Waals surface area contributed by atoms with Gasteiger partial charge < -0.3 is 5.32 Å². The third kappa shape index (κ3) is 5.75. The molecule has 1 aromatic rings. The first-order chi connectivity index (χ1) is 7.14. The zero-order chi connectivity index (χ0) is 11.1. The molecule has 0 atom stereocenters. The van der Waals surface area contributed by atoms with E-state index in [1.807, 2.05) is 6.07 Å². The van der Waals surface area contributed by atoms with E-state index in [0.29, 0.717) is 6.42 Å². The van der Waals surface area contributed by atoms with Gasteiger partial charge in [0.2, 0.25) is 0 Å². The summed E-state index contributed by atoms with van der Waals surface area (Å²) in [6, 6.07) is 12.5. The third-order valence-electron chi connectivity index (χ3n) is 2.33. The Morgan fingerprint density at radius 1 is 1.25 bits per heavy atom. The Bertz CT molecular complexity index is 328. The van der Waals surface area contributed by atoms with Crippen molar-refractivity contribution in [3.8, 4) is 6.07 Å². The van der Waals surface area contributed by atoms with Crippen LogP contribution in [0.25, 0.3) is 0 Å². The van der Waals surface area contributed by atoms with Crippen LogP contribution in [0.4, 0.5) is 0 Å². The van der Waals surface area contributed by atoms with E-state index in [9.17, 15) is 0 Å². The summed E-state index contributed by atoms with van der Waals surface area (Å²) in [5.74, 6) is 0. The first kappa shape index (κ1) is 15.0. The zero-order valence-electron chi connectivity index (χ0n) is 9.86. The molecule has 0 fully saturated rings. The van der Waals surface area contributed by atoms with Crippen LogP contribution in [-0.4, -0.2) is 12.1 Å². The third-order valence-corrected chi connectivity index (χ3v) is 2.33. The molecule has 0 unspecified atom stereocenters. The van der Waals surface area contributed by atoms with Crippen molar-refractivity contribution in [2.24, 2.45) is 0 Å². The van der Waals surface area contributed by atoms with Gasteiger partial charge in [0.15, 0.2) is 0 Å². The van der Waals surface area contributed by atoms with Crippen molar-refractivity contribution in [1.82, 2.24) is 5.32 Å². The number of rotatable bonds is 5. The molecule has 0 aliphatic heterocycles. The second-order valence-corrected chi connectivity index (χ2v) is 4.38. The summed E-state index contributed by atoms with van der Waals surface area (Å²) in [5, 5.41) is 11.8.